The van der Waals surface area contributed by atoms with Gasteiger partial charge in [-0.1, -0.05) is 80.3 Å². The summed E-state index contributed by atoms with van der Waals surface area (Å²) in [6.07, 6.45) is -0.853. The second-order valence-electron chi connectivity index (χ2n) is 10.6. The van der Waals surface area contributed by atoms with Gasteiger partial charge in [-0.2, -0.15) is 0 Å². The molecule has 1 fully saturated rings. The molecule has 5 nitrogen and oxygen atoms in total. The molecule has 182 valence electrons. The van der Waals surface area contributed by atoms with Crippen LogP contribution in [0.2, 0.25) is 25.7 Å². The van der Waals surface area contributed by atoms with E-state index in [1.165, 1.54) is 0 Å². The van der Waals surface area contributed by atoms with Gasteiger partial charge in [0.05, 0.1) is 38.1 Å². The topological polar surface area (TPSA) is 57.2 Å². The van der Waals surface area contributed by atoms with Crippen LogP contribution in [-0.4, -0.2) is 50.0 Å². The summed E-state index contributed by atoms with van der Waals surface area (Å²) in [4.78, 5) is 0. The molecule has 2 aromatic carbocycles. The molecule has 0 spiro atoms. The third kappa shape index (κ3) is 8.96. The van der Waals surface area contributed by atoms with E-state index < -0.39 is 20.0 Å². The van der Waals surface area contributed by atoms with Crippen molar-refractivity contribution in [2.75, 3.05) is 6.61 Å². The molecular formula is C27H40O5Si. The maximum atomic E-state index is 11.2. The molecule has 4 atom stereocenters. The molecule has 1 N–H and O–H groups in total. The molecule has 0 saturated carbocycles. The minimum absolute atomic E-state index is 0.217. The fraction of sp³-hybridized carbons (Fsp3) is 0.556. The largest absolute Gasteiger partial charge is 0.391 e. The quantitative estimate of drug-likeness (QED) is 0.419. The molecule has 0 amide bonds. The Morgan fingerprint density at radius 2 is 1.48 bits per heavy atom. The number of rotatable bonds is 12. The van der Waals surface area contributed by atoms with Crippen LogP contribution in [0.3, 0.4) is 0 Å². The zero-order valence-electron chi connectivity index (χ0n) is 20.7. The number of ether oxygens (including phenoxy) is 4. The van der Waals surface area contributed by atoms with E-state index in [0.29, 0.717) is 26.2 Å². The molecule has 1 aliphatic rings. The molecule has 33 heavy (non-hydrogen) atoms. The van der Waals surface area contributed by atoms with Crippen LogP contribution in [0, 0.1) is 0 Å². The molecule has 3 rings (SSSR count). The molecule has 1 saturated heterocycles. The highest BCUT2D eigenvalue weighted by molar-refractivity contribution is 6.76. The summed E-state index contributed by atoms with van der Waals surface area (Å²) < 4.78 is 24.7. The maximum absolute atomic E-state index is 11.2. The van der Waals surface area contributed by atoms with Crippen LogP contribution in [0.25, 0.3) is 0 Å². The van der Waals surface area contributed by atoms with Crippen molar-refractivity contribution in [3.63, 3.8) is 0 Å². The van der Waals surface area contributed by atoms with E-state index >= 15 is 0 Å². The van der Waals surface area contributed by atoms with Gasteiger partial charge in [0, 0.05) is 14.5 Å². The van der Waals surface area contributed by atoms with E-state index in [1.54, 1.807) is 0 Å². The highest BCUT2D eigenvalue weighted by Gasteiger charge is 2.40. The van der Waals surface area contributed by atoms with Crippen LogP contribution in [-0.2, 0) is 32.2 Å². The summed E-state index contributed by atoms with van der Waals surface area (Å²) in [6, 6.07) is 21.0. The highest BCUT2D eigenvalue weighted by atomic mass is 28.3. The van der Waals surface area contributed by atoms with Gasteiger partial charge in [0.1, 0.15) is 6.10 Å². The molecule has 1 heterocycles. The zero-order chi connectivity index (χ0) is 23.9. The van der Waals surface area contributed by atoms with Crippen LogP contribution < -0.4 is 0 Å². The molecule has 0 radical (unpaired) electrons. The van der Waals surface area contributed by atoms with E-state index in [-0.39, 0.29) is 18.3 Å². The second kappa shape index (κ2) is 11.7. The Kier molecular flexibility index (Phi) is 9.27. The smallest absolute Gasteiger partial charge is 0.163 e. The molecule has 0 aromatic heterocycles. The SMILES string of the molecule is CC1(C)OCC([C@H](C[C@@H](OCc2ccccc2)C(O)C[Si](C)(C)C)OCc2ccccc2)O1. The third-order valence-electron chi connectivity index (χ3n) is 5.77. The first-order chi connectivity index (χ1) is 15.6. The molecule has 6 heteroatoms. The fourth-order valence-electron chi connectivity index (χ4n) is 4.10. The first-order valence-corrected chi connectivity index (χ1v) is 15.6. The molecule has 1 aliphatic heterocycles. The number of aliphatic hydroxyl groups excluding tert-OH is 1. The van der Waals surface area contributed by atoms with Crippen LogP contribution >= 0.6 is 0 Å². The first-order valence-electron chi connectivity index (χ1n) is 11.9. The summed E-state index contributed by atoms with van der Waals surface area (Å²) in [5.74, 6) is -0.643. The first kappa shape index (κ1) is 26.1. The van der Waals surface area contributed by atoms with Crippen molar-refractivity contribution < 1.29 is 24.1 Å². The van der Waals surface area contributed by atoms with E-state index in [9.17, 15) is 5.11 Å². The van der Waals surface area contributed by atoms with E-state index in [1.807, 2.05) is 62.4 Å². The Morgan fingerprint density at radius 3 is 1.97 bits per heavy atom. The molecule has 2 aromatic rings. The van der Waals surface area contributed by atoms with Gasteiger partial charge in [-0.05, 0) is 31.0 Å². The summed E-state index contributed by atoms with van der Waals surface area (Å²) in [5.41, 5.74) is 2.19. The van der Waals surface area contributed by atoms with Crippen LogP contribution in [0.4, 0.5) is 0 Å². The van der Waals surface area contributed by atoms with Gasteiger partial charge in [-0.25, -0.2) is 0 Å². The predicted octanol–water partition coefficient (Wildman–Crippen LogP) is 5.40. The van der Waals surface area contributed by atoms with Gasteiger partial charge in [-0.15, -0.1) is 0 Å². The van der Waals surface area contributed by atoms with Crippen molar-refractivity contribution in [1.29, 1.82) is 0 Å². The average Bonchev–Trinajstić information content (AvgIpc) is 3.13. The minimum Gasteiger partial charge on any atom is -0.391 e. The highest BCUT2D eigenvalue weighted by Crippen LogP contribution is 2.30. The van der Waals surface area contributed by atoms with Crippen molar-refractivity contribution in [2.45, 2.75) is 89.4 Å². The minimum atomic E-state index is -1.49. The standard InChI is InChI=1S/C27H40O5Si/c1-27(2)31-19-26(32-27)25(30-18-22-14-10-7-11-15-22)16-24(23(28)20-33(3,4)5)29-17-21-12-8-6-9-13-21/h6-15,23-26,28H,16-20H2,1-5H3/t23?,24-,25+,26?/m1/s1. The lowest BCUT2D eigenvalue weighted by Gasteiger charge is -2.32. The molecule has 0 bridgehead atoms. The lowest BCUT2D eigenvalue weighted by atomic mass is 10.0. The summed E-state index contributed by atoms with van der Waals surface area (Å²) >= 11 is 0. The van der Waals surface area contributed by atoms with Gasteiger partial charge < -0.3 is 24.1 Å². The van der Waals surface area contributed by atoms with Crippen LogP contribution in [0.5, 0.6) is 0 Å². The number of hydrogen-bond acceptors (Lipinski definition) is 5. The van der Waals surface area contributed by atoms with Crippen molar-refractivity contribution in [3.8, 4) is 0 Å². The summed E-state index contributed by atoms with van der Waals surface area (Å²) in [6.45, 7) is 12.0. The van der Waals surface area contributed by atoms with Crippen LogP contribution in [0.15, 0.2) is 60.7 Å². The lowest BCUT2D eigenvalue weighted by Crippen LogP contribution is -2.42. The van der Waals surface area contributed by atoms with Gasteiger partial charge in [-0.3, -0.25) is 0 Å². The average molecular weight is 473 g/mol. The Labute approximate surface area is 200 Å². The fourth-order valence-corrected chi connectivity index (χ4v) is 5.62. The molecule has 0 aliphatic carbocycles. The van der Waals surface area contributed by atoms with Crippen LogP contribution in [0.1, 0.15) is 31.4 Å². The Hall–Kier alpha value is -1.54. The summed E-state index contributed by atoms with van der Waals surface area (Å²) in [7, 11) is -1.49. The Morgan fingerprint density at radius 1 is 0.939 bits per heavy atom. The molecule has 2 unspecified atom stereocenters. The lowest BCUT2D eigenvalue weighted by molar-refractivity contribution is -0.165. The Balaban J connectivity index is 1.74. The van der Waals surface area contributed by atoms with E-state index in [0.717, 1.165) is 17.2 Å². The monoisotopic (exact) mass is 472 g/mol. The number of hydrogen-bond donors (Lipinski definition) is 1. The predicted molar refractivity (Wildman–Crippen MR) is 134 cm³/mol. The van der Waals surface area contributed by atoms with Gasteiger partial charge in [0.15, 0.2) is 5.79 Å². The van der Waals surface area contributed by atoms with E-state index in [4.69, 9.17) is 18.9 Å². The van der Waals surface area contributed by atoms with Crippen molar-refractivity contribution in [3.05, 3.63) is 71.8 Å². The normalized spacial score (nSPS) is 21.0. The zero-order valence-corrected chi connectivity index (χ0v) is 21.7. The van der Waals surface area contributed by atoms with Crippen molar-refractivity contribution in [1.82, 2.24) is 0 Å². The van der Waals surface area contributed by atoms with E-state index in [2.05, 4.69) is 31.8 Å². The molecular weight excluding hydrogens is 432 g/mol. The third-order valence-corrected chi connectivity index (χ3v) is 7.42. The van der Waals surface area contributed by atoms with Gasteiger partial charge in [0.2, 0.25) is 0 Å². The second-order valence-corrected chi connectivity index (χ2v) is 16.1. The maximum Gasteiger partial charge on any atom is 0.163 e. The van der Waals surface area contributed by atoms with Gasteiger partial charge >= 0.3 is 0 Å². The summed E-state index contributed by atoms with van der Waals surface area (Å²) in [5, 5.41) is 11.2. The number of benzene rings is 2. The Bertz CT molecular complexity index is 821. The number of aliphatic hydroxyl groups is 1. The van der Waals surface area contributed by atoms with Gasteiger partial charge in [0.25, 0.3) is 0 Å². The van der Waals surface area contributed by atoms with Crippen molar-refractivity contribution in [2.24, 2.45) is 0 Å². The van der Waals surface area contributed by atoms with Crippen molar-refractivity contribution >= 4 is 8.07 Å².